The third-order valence-electron chi connectivity index (χ3n) is 2.52. The molecule has 0 fully saturated rings. The van der Waals surface area contributed by atoms with Crippen LogP contribution in [-0.2, 0) is 0 Å². The first-order chi connectivity index (χ1) is 6.79. The molecular formula is C12H20N2. The van der Waals surface area contributed by atoms with E-state index in [4.69, 9.17) is 5.73 Å². The summed E-state index contributed by atoms with van der Waals surface area (Å²) in [6, 6.07) is 8.60. The van der Waals surface area contributed by atoms with Crippen LogP contribution < -0.4 is 10.6 Å². The van der Waals surface area contributed by atoms with Gasteiger partial charge in [-0.25, -0.2) is 0 Å². The molecule has 2 heteroatoms. The third kappa shape index (κ3) is 2.07. The molecule has 1 unspecified atom stereocenters. The first-order valence-corrected chi connectivity index (χ1v) is 5.34. The molecule has 14 heavy (non-hydrogen) atoms. The summed E-state index contributed by atoms with van der Waals surface area (Å²) in [6.45, 7) is 5.07. The Kier molecular flexibility index (Phi) is 3.96. The summed E-state index contributed by atoms with van der Waals surface area (Å²) in [5.74, 6) is 0. The second kappa shape index (κ2) is 5.01. The van der Waals surface area contributed by atoms with Crippen LogP contribution in [0, 0.1) is 0 Å². The lowest BCUT2D eigenvalue weighted by Crippen LogP contribution is -2.30. The van der Waals surface area contributed by atoms with Gasteiger partial charge in [-0.05, 0) is 18.1 Å². The summed E-state index contributed by atoms with van der Waals surface area (Å²) in [6.07, 6.45) is 1.06. The molecule has 2 nitrogen and oxygen atoms in total. The molecule has 1 aliphatic heterocycles. The zero-order chi connectivity index (χ0) is 10.6. The lowest BCUT2D eigenvalue weighted by Gasteiger charge is -2.31. The Morgan fingerprint density at radius 3 is 2.57 bits per heavy atom. The number of anilines is 1. The number of para-hydroxylation sites is 1. The van der Waals surface area contributed by atoms with E-state index in [1.807, 2.05) is 13.8 Å². The molecule has 1 aromatic carbocycles. The average Bonchev–Trinajstić information content (AvgIpc) is 2.27. The van der Waals surface area contributed by atoms with Gasteiger partial charge in [-0.15, -0.1) is 0 Å². The highest BCUT2D eigenvalue weighted by molar-refractivity contribution is 5.56. The standard InChI is InChI=1S/C10H14N2.C2H6/c1-12-7-6-9(11)8-4-2-3-5-10(8)12;1-2/h2-5,9H,6-7,11H2,1H3;1-2H3. The fraction of sp³-hybridized carbons (Fsp3) is 0.500. The van der Waals surface area contributed by atoms with Crippen molar-refractivity contribution >= 4 is 5.69 Å². The van der Waals surface area contributed by atoms with E-state index in [1.54, 1.807) is 0 Å². The normalized spacial score (nSPS) is 19.4. The van der Waals surface area contributed by atoms with Gasteiger partial charge in [0.15, 0.2) is 0 Å². The molecule has 2 rings (SSSR count). The number of benzene rings is 1. The molecule has 0 saturated heterocycles. The van der Waals surface area contributed by atoms with Crippen molar-refractivity contribution in [1.29, 1.82) is 0 Å². The van der Waals surface area contributed by atoms with Gasteiger partial charge in [-0.2, -0.15) is 0 Å². The van der Waals surface area contributed by atoms with Gasteiger partial charge in [0.1, 0.15) is 0 Å². The van der Waals surface area contributed by atoms with Crippen molar-refractivity contribution in [2.75, 3.05) is 18.5 Å². The molecule has 0 radical (unpaired) electrons. The van der Waals surface area contributed by atoms with Gasteiger partial charge in [-0.1, -0.05) is 32.0 Å². The molecule has 1 atom stereocenters. The minimum atomic E-state index is 0.234. The predicted molar refractivity (Wildman–Crippen MR) is 62.6 cm³/mol. The highest BCUT2D eigenvalue weighted by Crippen LogP contribution is 2.30. The summed E-state index contributed by atoms with van der Waals surface area (Å²) in [5, 5.41) is 0. The molecule has 78 valence electrons. The molecular weight excluding hydrogens is 172 g/mol. The molecule has 0 aliphatic carbocycles. The summed E-state index contributed by atoms with van der Waals surface area (Å²) < 4.78 is 0. The number of nitrogens with two attached hydrogens (primary N) is 1. The molecule has 1 aromatic rings. The SMILES string of the molecule is CC.CN1CCC(N)c2ccccc21. The maximum atomic E-state index is 5.98. The summed E-state index contributed by atoms with van der Waals surface area (Å²) >= 11 is 0. The topological polar surface area (TPSA) is 29.3 Å². The Morgan fingerprint density at radius 1 is 1.29 bits per heavy atom. The fourth-order valence-electron chi connectivity index (χ4n) is 1.76. The van der Waals surface area contributed by atoms with Crippen LogP contribution in [0.1, 0.15) is 31.9 Å². The summed E-state index contributed by atoms with van der Waals surface area (Å²) in [7, 11) is 2.12. The Hall–Kier alpha value is -1.02. The van der Waals surface area contributed by atoms with Gasteiger partial charge in [0.05, 0.1) is 0 Å². The van der Waals surface area contributed by atoms with Crippen molar-refractivity contribution < 1.29 is 0 Å². The Bertz CT molecular complexity index is 254. The molecule has 0 amide bonds. The van der Waals surface area contributed by atoms with E-state index < -0.39 is 0 Å². The van der Waals surface area contributed by atoms with Crippen LogP contribution in [0.25, 0.3) is 0 Å². The van der Waals surface area contributed by atoms with Gasteiger partial charge in [-0.3, -0.25) is 0 Å². The number of nitrogens with zero attached hydrogens (tertiary/aromatic N) is 1. The Morgan fingerprint density at radius 2 is 1.93 bits per heavy atom. The monoisotopic (exact) mass is 192 g/mol. The van der Waals surface area contributed by atoms with Gasteiger partial charge >= 0.3 is 0 Å². The van der Waals surface area contributed by atoms with Crippen molar-refractivity contribution in [3.05, 3.63) is 29.8 Å². The molecule has 1 heterocycles. The van der Waals surface area contributed by atoms with Gasteiger partial charge in [0, 0.05) is 25.3 Å². The highest BCUT2D eigenvalue weighted by Gasteiger charge is 2.18. The molecule has 0 saturated carbocycles. The van der Waals surface area contributed by atoms with E-state index in [1.165, 1.54) is 11.3 Å². The van der Waals surface area contributed by atoms with E-state index >= 15 is 0 Å². The van der Waals surface area contributed by atoms with Crippen LogP contribution in [0.5, 0.6) is 0 Å². The average molecular weight is 192 g/mol. The van der Waals surface area contributed by atoms with E-state index in [9.17, 15) is 0 Å². The molecule has 1 aliphatic rings. The van der Waals surface area contributed by atoms with Gasteiger partial charge < -0.3 is 10.6 Å². The predicted octanol–water partition coefficient (Wildman–Crippen LogP) is 2.55. The molecule has 0 aromatic heterocycles. The van der Waals surface area contributed by atoms with Gasteiger partial charge in [0.2, 0.25) is 0 Å². The quantitative estimate of drug-likeness (QED) is 0.684. The first-order valence-electron chi connectivity index (χ1n) is 5.34. The van der Waals surface area contributed by atoms with Crippen LogP contribution >= 0.6 is 0 Å². The van der Waals surface area contributed by atoms with Crippen molar-refractivity contribution in [2.45, 2.75) is 26.3 Å². The molecule has 0 spiro atoms. The van der Waals surface area contributed by atoms with E-state index in [2.05, 4.69) is 36.2 Å². The van der Waals surface area contributed by atoms with E-state index in [0.29, 0.717) is 0 Å². The van der Waals surface area contributed by atoms with Crippen LogP contribution in [0.15, 0.2) is 24.3 Å². The third-order valence-corrected chi connectivity index (χ3v) is 2.52. The van der Waals surface area contributed by atoms with Crippen LogP contribution in [-0.4, -0.2) is 13.6 Å². The summed E-state index contributed by atoms with van der Waals surface area (Å²) in [5.41, 5.74) is 8.55. The summed E-state index contributed by atoms with van der Waals surface area (Å²) in [4.78, 5) is 2.26. The Labute approximate surface area is 86.7 Å². The van der Waals surface area contributed by atoms with Crippen LogP contribution in [0.2, 0.25) is 0 Å². The second-order valence-corrected chi connectivity index (χ2v) is 3.38. The molecule has 2 N–H and O–H groups in total. The fourth-order valence-corrected chi connectivity index (χ4v) is 1.76. The van der Waals surface area contributed by atoms with Crippen LogP contribution in [0.4, 0.5) is 5.69 Å². The van der Waals surface area contributed by atoms with E-state index in [0.717, 1.165) is 13.0 Å². The number of fused-ring (bicyclic) bond motifs is 1. The first kappa shape index (κ1) is 11.1. The minimum absolute atomic E-state index is 0.234. The van der Waals surface area contributed by atoms with Gasteiger partial charge in [0.25, 0.3) is 0 Å². The second-order valence-electron chi connectivity index (χ2n) is 3.38. The van der Waals surface area contributed by atoms with Crippen LogP contribution in [0.3, 0.4) is 0 Å². The smallest absolute Gasteiger partial charge is 0.0412 e. The minimum Gasteiger partial charge on any atom is -0.374 e. The van der Waals surface area contributed by atoms with Crippen molar-refractivity contribution in [3.63, 3.8) is 0 Å². The molecule has 0 bridgehead atoms. The zero-order valence-corrected chi connectivity index (χ0v) is 9.33. The number of hydrogen-bond acceptors (Lipinski definition) is 2. The number of hydrogen-bond donors (Lipinski definition) is 1. The number of rotatable bonds is 0. The zero-order valence-electron chi connectivity index (χ0n) is 9.33. The van der Waals surface area contributed by atoms with Crippen molar-refractivity contribution in [2.24, 2.45) is 5.73 Å². The lowest BCUT2D eigenvalue weighted by molar-refractivity contribution is 0.614. The lowest BCUT2D eigenvalue weighted by atomic mass is 9.98. The maximum Gasteiger partial charge on any atom is 0.0412 e. The maximum absolute atomic E-state index is 5.98. The highest BCUT2D eigenvalue weighted by atomic mass is 15.1. The van der Waals surface area contributed by atoms with E-state index in [-0.39, 0.29) is 6.04 Å². The van der Waals surface area contributed by atoms with Crippen molar-refractivity contribution in [3.8, 4) is 0 Å². The van der Waals surface area contributed by atoms with Crippen molar-refractivity contribution in [1.82, 2.24) is 0 Å². The largest absolute Gasteiger partial charge is 0.374 e. The Balaban J connectivity index is 0.000000461.